The summed E-state index contributed by atoms with van der Waals surface area (Å²) in [4.78, 5) is 0. The molecule has 15 heavy (non-hydrogen) atoms. The van der Waals surface area contributed by atoms with Crippen molar-refractivity contribution in [3.63, 3.8) is 0 Å². The van der Waals surface area contributed by atoms with E-state index < -0.39 is 0 Å². The third kappa shape index (κ3) is 3.85. The number of anilines is 1. The highest BCUT2D eigenvalue weighted by molar-refractivity contribution is 7.98. The fraction of sp³-hybridized carbons (Fsp3) is 0.417. The molecule has 0 saturated heterocycles. The number of benzene rings is 1. The number of hydrogen-bond donors (Lipinski definition) is 1. The summed E-state index contributed by atoms with van der Waals surface area (Å²) in [5.74, 6) is 1.11. The van der Waals surface area contributed by atoms with Crippen LogP contribution in [-0.4, -0.2) is 18.1 Å². The second kappa shape index (κ2) is 6.36. The van der Waals surface area contributed by atoms with E-state index in [4.69, 9.17) is 5.26 Å². The van der Waals surface area contributed by atoms with E-state index in [1.807, 2.05) is 36.0 Å². The zero-order valence-electron chi connectivity index (χ0n) is 9.16. The van der Waals surface area contributed by atoms with Crippen molar-refractivity contribution in [1.82, 2.24) is 0 Å². The summed E-state index contributed by atoms with van der Waals surface area (Å²) in [6, 6.07) is 10.2. The Kier molecular flexibility index (Phi) is 5.06. The van der Waals surface area contributed by atoms with Gasteiger partial charge in [-0.25, -0.2) is 0 Å². The first-order valence-electron chi connectivity index (χ1n) is 5.05. The Balaban J connectivity index is 2.59. The predicted molar refractivity (Wildman–Crippen MR) is 67.2 cm³/mol. The standard InChI is InChI=1S/C12H16N2S/c1-3-11(9-15-2)14-12-6-4-10(8-13)5-7-12/h4-7,11,14H,3,9H2,1-2H3. The van der Waals surface area contributed by atoms with E-state index in [-0.39, 0.29) is 0 Å². The number of rotatable bonds is 5. The molecular formula is C12H16N2S. The summed E-state index contributed by atoms with van der Waals surface area (Å²) < 4.78 is 0. The first kappa shape index (κ1) is 11.9. The maximum atomic E-state index is 8.67. The number of nitrogens with zero attached hydrogens (tertiary/aromatic N) is 1. The van der Waals surface area contributed by atoms with Crippen LogP contribution in [0.1, 0.15) is 18.9 Å². The van der Waals surface area contributed by atoms with Gasteiger partial charge in [-0.05, 0) is 36.9 Å². The minimum absolute atomic E-state index is 0.507. The molecule has 80 valence electrons. The molecule has 0 heterocycles. The lowest BCUT2D eigenvalue weighted by atomic mass is 10.2. The number of nitrogens with one attached hydrogen (secondary N) is 1. The van der Waals surface area contributed by atoms with Gasteiger partial charge in [0.1, 0.15) is 0 Å². The summed E-state index contributed by atoms with van der Waals surface area (Å²) in [7, 11) is 0. The number of hydrogen-bond acceptors (Lipinski definition) is 3. The lowest BCUT2D eigenvalue weighted by molar-refractivity contribution is 0.775. The van der Waals surface area contributed by atoms with Crippen molar-refractivity contribution in [2.75, 3.05) is 17.3 Å². The van der Waals surface area contributed by atoms with E-state index in [1.54, 1.807) is 0 Å². The third-order valence-electron chi connectivity index (χ3n) is 2.25. The van der Waals surface area contributed by atoms with Gasteiger partial charge in [0.25, 0.3) is 0 Å². The molecule has 0 amide bonds. The summed E-state index contributed by atoms with van der Waals surface area (Å²) in [5, 5.41) is 12.1. The van der Waals surface area contributed by atoms with Gasteiger partial charge in [-0.3, -0.25) is 0 Å². The molecule has 1 aromatic rings. The quantitative estimate of drug-likeness (QED) is 0.828. The van der Waals surface area contributed by atoms with Crippen LogP contribution in [0, 0.1) is 11.3 Å². The van der Waals surface area contributed by atoms with Crippen molar-refractivity contribution in [2.24, 2.45) is 0 Å². The summed E-state index contributed by atoms with van der Waals surface area (Å²) in [6.07, 6.45) is 3.23. The lowest BCUT2D eigenvalue weighted by Gasteiger charge is -2.16. The predicted octanol–water partition coefficient (Wildman–Crippen LogP) is 3.11. The van der Waals surface area contributed by atoms with Gasteiger partial charge in [0.15, 0.2) is 0 Å². The highest BCUT2D eigenvalue weighted by atomic mass is 32.2. The number of thioether (sulfide) groups is 1. The van der Waals surface area contributed by atoms with Gasteiger partial charge in [-0.1, -0.05) is 6.92 Å². The Morgan fingerprint density at radius 3 is 2.53 bits per heavy atom. The van der Waals surface area contributed by atoms with E-state index in [2.05, 4.69) is 24.6 Å². The highest BCUT2D eigenvalue weighted by Gasteiger charge is 2.04. The Hall–Kier alpha value is -1.14. The molecule has 1 rings (SSSR count). The molecule has 0 radical (unpaired) electrons. The van der Waals surface area contributed by atoms with Crippen molar-refractivity contribution >= 4 is 17.4 Å². The lowest BCUT2D eigenvalue weighted by Crippen LogP contribution is -2.20. The number of nitriles is 1. The molecule has 0 aromatic heterocycles. The zero-order valence-corrected chi connectivity index (χ0v) is 9.97. The smallest absolute Gasteiger partial charge is 0.0991 e. The van der Waals surface area contributed by atoms with Gasteiger partial charge >= 0.3 is 0 Å². The van der Waals surface area contributed by atoms with Crippen LogP contribution in [0.5, 0.6) is 0 Å². The van der Waals surface area contributed by atoms with Gasteiger partial charge < -0.3 is 5.32 Å². The van der Waals surface area contributed by atoms with Crippen LogP contribution in [0.25, 0.3) is 0 Å². The summed E-state index contributed by atoms with van der Waals surface area (Å²) in [5.41, 5.74) is 1.80. The van der Waals surface area contributed by atoms with Crippen molar-refractivity contribution in [3.8, 4) is 6.07 Å². The topological polar surface area (TPSA) is 35.8 Å². The third-order valence-corrected chi connectivity index (χ3v) is 2.98. The van der Waals surface area contributed by atoms with Crippen LogP contribution < -0.4 is 5.32 Å². The molecule has 0 bridgehead atoms. The molecule has 1 atom stereocenters. The monoisotopic (exact) mass is 220 g/mol. The van der Waals surface area contributed by atoms with Gasteiger partial charge in [0, 0.05) is 17.5 Å². The van der Waals surface area contributed by atoms with Gasteiger partial charge in [-0.2, -0.15) is 17.0 Å². The molecule has 2 nitrogen and oxygen atoms in total. The molecule has 0 fully saturated rings. The molecule has 0 spiro atoms. The average Bonchev–Trinajstić information content (AvgIpc) is 2.29. The summed E-state index contributed by atoms with van der Waals surface area (Å²) >= 11 is 1.85. The Morgan fingerprint density at radius 1 is 1.40 bits per heavy atom. The molecule has 3 heteroatoms. The van der Waals surface area contributed by atoms with Crippen LogP contribution in [0.4, 0.5) is 5.69 Å². The molecule has 0 aliphatic heterocycles. The highest BCUT2D eigenvalue weighted by Crippen LogP contribution is 2.13. The Bertz CT molecular complexity index is 326. The molecule has 1 N–H and O–H groups in total. The van der Waals surface area contributed by atoms with Gasteiger partial charge in [0.2, 0.25) is 0 Å². The SMILES string of the molecule is CCC(CSC)Nc1ccc(C#N)cc1. The van der Waals surface area contributed by atoms with E-state index in [1.165, 1.54) is 0 Å². The van der Waals surface area contributed by atoms with Crippen LogP contribution in [0.2, 0.25) is 0 Å². The maximum absolute atomic E-state index is 8.67. The van der Waals surface area contributed by atoms with Crippen molar-refractivity contribution in [1.29, 1.82) is 5.26 Å². The van der Waals surface area contributed by atoms with Crippen molar-refractivity contribution in [2.45, 2.75) is 19.4 Å². The van der Waals surface area contributed by atoms with Crippen LogP contribution >= 0.6 is 11.8 Å². The normalized spacial score (nSPS) is 11.8. The average molecular weight is 220 g/mol. The minimum atomic E-state index is 0.507. The zero-order chi connectivity index (χ0) is 11.1. The second-order valence-corrected chi connectivity index (χ2v) is 4.30. The molecule has 0 saturated carbocycles. The van der Waals surface area contributed by atoms with Crippen molar-refractivity contribution in [3.05, 3.63) is 29.8 Å². The second-order valence-electron chi connectivity index (χ2n) is 3.39. The van der Waals surface area contributed by atoms with Gasteiger partial charge in [0.05, 0.1) is 11.6 Å². The fourth-order valence-electron chi connectivity index (χ4n) is 1.34. The van der Waals surface area contributed by atoms with E-state index in [0.717, 1.165) is 17.9 Å². The van der Waals surface area contributed by atoms with E-state index in [0.29, 0.717) is 11.6 Å². The van der Waals surface area contributed by atoms with Crippen molar-refractivity contribution < 1.29 is 0 Å². The Labute approximate surface area is 95.7 Å². The first-order chi connectivity index (χ1) is 7.30. The van der Waals surface area contributed by atoms with Crippen LogP contribution in [0.3, 0.4) is 0 Å². The maximum Gasteiger partial charge on any atom is 0.0991 e. The molecule has 1 unspecified atom stereocenters. The summed E-state index contributed by atoms with van der Waals surface area (Å²) in [6.45, 7) is 2.18. The van der Waals surface area contributed by atoms with Crippen LogP contribution in [0.15, 0.2) is 24.3 Å². The molecule has 1 aromatic carbocycles. The minimum Gasteiger partial charge on any atom is -0.381 e. The fourth-order valence-corrected chi connectivity index (χ4v) is 2.06. The largest absolute Gasteiger partial charge is 0.381 e. The molecule has 0 aliphatic rings. The van der Waals surface area contributed by atoms with Gasteiger partial charge in [-0.15, -0.1) is 0 Å². The van der Waals surface area contributed by atoms with E-state index >= 15 is 0 Å². The van der Waals surface area contributed by atoms with Crippen LogP contribution in [-0.2, 0) is 0 Å². The first-order valence-corrected chi connectivity index (χ1v) is 6.45. The molecule has 0 aliphatic carbocycles. The molecular weight excluding hydrogens is 204 g/mol. The van der Waals surface area contributed by atoms with E-state index in [9.17, 15) is 0 Å². The Morgan fingerprint density at radius 2 is 2.07 bits per heavy atom.